The van der Waals surface area contributed by atoms with Gasteiger partial charge in [0.15, 0.2) is 0 Å². The second-order valence-corrected chi connectivity index (χ2v) is 5.69. The molecule has 1 aliphatic carbocycles. The van der Waals surface area contributed by atoms with Crippen LogP contribution in [0.3, 0.4) is 0 Å². The molecule has 5 N–H and O–H groups in total. The van der Waals surface area contributed by atoms with Crippen molar-refractivity contribution in [1.29, 1.82) is 0 Å². The Morgan fingerprint density at radius 2 is 2.09 bits per heavy atom. The Morgan fingerprint density at radius 3 is 2.65 bits per heavy atom. The van der Waals surface area contributed by atoms with E-state index in [0.29, 0.717) is 19.4 Å². The summed E-state index contributed by atoms with van der Waals surface area (Å²) in [7, 11) is 0. The Balaban J connectivity index is 0.00000242. The van der Waals surface area contributed by atoms with Gasteiger partial charge >= 0.3 is 0 Å². The molecule has 0 saturated heterocycles. The van der Waals surface area contributed by atoms with E-state index >= 15 is 0 Å². The molecule has 1 aromatic heterocycles. The first-order chi connectivity index (χ1) is 10.1. The van der Waals surface area contributed by atoms with Crippen LogP contribution >= 0.6 is 24.8 Å². The number of halogens is 2. The number of nitrogens with one attached hydrogen (secondary N) is 2. The summed E-state index contributed by atoms with van der Waals surface area (Å²) in [5.74, 6) is 0.689. The van der Waals surface area contributed by atoms with Gasteiger partial charge in [-0.05, 0) is 37.8 Å². The third-order valence-corrected chi connectivity index (χ3v) is 3.82. The Labute approximate surface area is 149 Å². The first-order valence-electron chi connectivity index (χ1n) is 7.44. The number of carbonyl (C=O) groups excluding carboxylic acids is 1. The highest BCUT2D eigenvalue weighted by molar-refractivity contribution is 5.85. The molecule has 0 spiro atoms. The van der Waals surface area contributed by atoms with Crippen molar-refractivity contribution in [3.8, 4) is 0 Å². The van der Waals surface area contributed by atoms with Gasteiger partial charge in [0.05, 0.1) is 6.10 Å². The summed E-state index contributed by atoms with van der Waals surface area (Å²) in [6.07, 6.45) is 3.13. The lowest BCUT2D eigenvalue weighted by Crippen LogP contribution is -2.31. The lowest BCUT2D eigenvalue weighted by molar-refractivity contribution is -0.125. The van der Waals surface area contributed by atoms with E-state index in [2.05, 4.69) is 15.6 Å². The van der Waals surface area contributed by atoms with Gasteiger partial charge in [-0.25, -0.2) is 4.98 Å². The van der Waals surface area contributed by atoms with E-state index in [1.165, 1.54) is 0 Å². The molecule has 0 aliphatic heterocycles. The maximum Gasteiger partial charge on any atom is 0.223 e. The number of amides is 1. The van der Waals surface area contributed by atoms with Crippen LogP contribution in [0, 0.1) is 12.8 Å². The van der Waals surface area contributed by atoms with Crippen molar-refractivity contribution < 1.29 is 9.90 Å². The van der Waals surface area contributed by atoms with Crippen LogP contribution in [0.15, 0.2) is 18.3 Å². The molecule has 0 radical (unpaired) electrons. The Hall–Kier alpha value is -1.08. The smallest absolute Gasteiger partial charge is 0.223 e. The van der Waals surface area contributed by atoms with Gasteiger partial charge in [0.1, 0.15) is 5.82 Å². The lowest BCUT2D eigenvalue weighted by Gasteiger charge is -2.11. The summed E-state index contributed by atoms with van der Waals surface area (Å²) in [5, 5.41) is 15.7. The third-order valence-electron chi connectivity index (χ3n) is 3.82. The van der Waals surface area contributed by atoms with Crippen LogP contribution in [-0.2, 0) is 4.79 Å². The van der Waals surface area contributed by atoms with E-state index in [0.717, 1.165) is 24.3 Å². The number of pyridine rings is 1. The third kappa shape index (κ3) is 6.91. The van der Waals surface area contributed by atoms with Crippen LogP contribution in [0.4, 0.5) is 5.82 Å². The number of nitrogens with two attached hydrogens (primary N) is 1. The van der Waals surface area contributed by atoms with Crippen molar-refractivity contribution in [3.05, 3.63) is 23.9 Å². The predicted octanol–water partition coefficient (Wildman–Crippen LogP) is 1.25. The molecule has 8 heteroatoms. The lowest BCUT2D eigenvalue weighted by atomic mass is 10.1. The average Bonchev–Trinajstić information content (AvgIpc) is 2.80. The molecule has 6 nitrogen and oxygen atoms in total. The SMILES string of the molecule is Cc1ccc(NCCCNC(=O)[C@H]2C[C@@H](N)[C@H](O)C2)nc1.Cl.Cl. The van der Waals surface area contributed by atoms with Gasteiger partial charge in [0, 0.05) is 31.2 Å². The molecule has 1 heterocycles. The maximum absolute atomic E-state index is 11.9. The van der Waals surface area contributed by atoms with E-state index < -0.39 is 6.10 Å². The van der Waals surface area contributed by atoms with Gasteiger partial charge in [-0.15, -0.1) is 24.8 Å². The van der Waals surface area contributed by atoms with Gasteiger partial charge in [0.2, 0.25) is 5.91 Å². The Morgan fingerprint density at radius 1 is 1.35 bits per heavy atom. The van der Waals surface area contributed by atoms with Crippen molar-refractivity contribution >= 4 is 36.5 Å². The summed E-state index contributed by atoms with van der Waals surface area (Å²) in [5.41, 5.74) is 6.84. The van der Waals surface area contributed by atoms with Crippen LogP contribution in [0.1, 0.15) is 24.8 Å². The molecule has 3 atom stereocenters. The van der Waals surface area contributed by atoms with Gasteiger partial charge in [-0.3, -0.25) is 4.79 Å². The van der Waals surface area contributed by atoms with Crippen LogP contribution < -0.4 is 16.4 Å². The molecule has 23 heavy (non-hydrogen) atoms. The fourth-order valence-corrected chi connectivity index (χ4v) is 2.50. The summed E-state index contributed by atoms with van der Waals surface area (Å²) >= 11 is 0. The number of anilines is 1. The molecular formula is C15H26Cl2N4O2. The normalized spacial score (nSPS) is 22.7. The standard InChI is InChI=1S/C15H24N4O2.2ClH/c1-10-3-4-14(19-9-10)17-5-2-6-18-15(21)11-7-12(16)13(20)8-11;;/h3-4,9,11-13,20H,2,5-8,16H2,1H3,(H,17,19)(H,18,21);2*1H/t11-,12+,13+;;/m0../s1. The van der Waals surface area contributed by atoms with E-state index in [4.69, 9.17) is 5.73 Å². The fourth-order valence-electron chi connectivity index (χ4n) is 2.50. The predicted molar refractivity (Wildman–Crippen MR) is 96.3 cm³/mol. The molecule has 1 amide bonds. The van der Waals surface area contributed by atoms with E-state index in [9.17, 15) is 9.90 Å². The first-order valence-corrected chi connectivity index (χ1v) is 7.44. The first kappa shape index (κ1) is 21.9. The van der Waals surface area contributed by atoms with Gasteiger partial charge in [0.25, 0.3) is 0 Å². The minimum atomic E-state index is -0.546. The highest BCUT2D eigenvalue weighted by Crippen LogP contribution is 2.24. The number of aliphatic hydroxyl groups is 1. The molecule has 1 aromatic rings. The Bertz CT molecular complexity index is 463. The molecule has 0 bridgehead atoms. The zero-order valence-electron chi connectivity index (χ0n) is 13.2. The van der Waals surface area contributed by atoms with Crippen LogP contribution in [-0.4, -0.2) is 41.2 Å². The fraction of sp³-hybridized carbons (Fsp3) is 0.600. The average molecular weight is 365 g/mol. The number of rotatable bonds is 6. The number of hydrogen-bond donors (Lipinski definition) is 4. The number of aryl methyl sites for hydroxylation is 1. The molecule has 1 fully saturated rings. The summed E-state index contributed by atoms with van der Waals surface area (Å²) in [6.45, 7) is 3.36. The highest BCUT2D eigenvalue weighted by atomic mass is 35.5. The van der Waals surface area contributed by atoms with E-state index in [1.54, 1.807) is 0 Å². The molecule has 1 aliphatic rings. The zero-order valence-corrected chi connectivity index (χ0v) is 14.8. The molecule has 1 saturated carbocycles. The van der Waals surface area contributed by atoms with Crippen molar-refractivity contribution in [2.45, 2.75) is 38.3 Å². The highest BCUT2D eigenvalue weighted by Gasteiger charge is 2.34. The van der Waals surface area contributed by atoms with Crippen LogP contribution in [0.25, 0.3) is 0 Å². The van der Waals surface area contributed by atoms with Crippen LogP contribution in [0.2, 0.25) is 0 Å². The van der Waals surface area contributed by atoms with Gasteiger partial charge < -0.3 is 21.5 Å². The van der Waals surface area contributed by atoms with Crippen molar-refractivity contribution in [3.63, 3.8) is 0 Å². The molecule has 132 valence electrons. The monoisotopic (exact) mass is 364 g/mol. The number of hydrogen-bond acceptors (Lipinski definition) is 5. The van der Waals surface area contributed by atoms with Gasteiger partial charge in [-0.1, -0.05) is 6.07 Å². The number of nitrogens with zero attached hydrogens (tertiary/aromatic N) is 1. The minimum absolute atomic E-state index is 0. The second-order valence-electron chi connectivity index (χ2n) is 5.69. The number of aliphatic hydroxyl groups excluding tert-OH is 1. The minimum Gasteiger partial charge on any atom is -0.391 e. The van der Waals surface area contributed by atoms with Crippen molar-refractivity contribution in [2.24, 2.45) is 11.7 Å². The van der Waals surface area contributed by atoms with Gasteiger partial charge in [-0.2, -0.15) is 0 Å². The molecule has 0 unspecified atom stereocenters. The number of carbonyl (C=O) groups is 1. The quantitative estimate of drug-likeness (QED) is 0.569. The summed E-state index contributed by atoms with van der Waals surface area (Å²) < 4.78 is 0. The summed E-state index contributed by atoms with van der Waals surface area (Å²) in [4.78, 5) is 16.1. The zero-order chi connectivity index (χ0) is 15.2. The number of aromatic nitrogens is 1. The topological polar surface area (TPSA) is 100 Å². The van der Waals surface area contributed by atoms with Crippen molar-refractivity contribution in [1.82, 2.24) is 10.3 Å². The maximum atomic E-state index is 11.9. The van der Waals surface area contributed by atoms with Crippen molar-refractivity contribution in [2.75, 3.05) is 18.4 Å². The summed E-state index contributed by atoms with van der Waals surface area (Å²) in [6, 6.07) is 3.68. The van der Waals surface area contributed by atoms with E-state index in [1.807, 2.05) is 25.3 Å². The van der Waals surface area contributed by atoms with Crippen LogP contribution in [0.5, 0.6) is 0 Å². The second kappa shape index (κ2) is 10.6. The molecular weight excluding hydrogens is 339 g/mol. The Kier molecular flexibility index (Phi) is 10.1. The molecule has 0 aromatic carbocycles. The largest absolute Gasteiger partial charge is 0.391 e. The molecule has 2 rings (SSSR count). The van der Waals surface area contributed by atoms with E-state index in [-0.39, 0.29) is 42.7 Å².